The fourth-order valence-electron chi connectivity index (χ4n) is 2.43. The van der Waals surface area contributed by atoms with Crippen molar-refractivity contribution in [2.45, 2.75) is 19.9 Å². The van der Waals surface area contributed by atoms with E-state index in [1.54, 1.807) is 6.26 Å². The molecule has 3 aromatic rings. The minimum Gasteiger partial charge on any atom is -0.468 e. The summed E-state index contributed by atoms with van der Waals surface area (Å²) >= 11 is 0. The molecule has 0 radical (unpaired) electrons. The van der Waals surface area contributed by atoms with Gasteiger partial charge in [0.05, 0.1) is 18.3 Å². The Hall–Kier alpha value is -2.13. The number of nitrogens with one attached hydrogen (secondary N) is 1. The quantitative estimate of drug-likeness (QED) is 0.767. The number of aromatic nitrogens is 1. The minimum atomic E-state index is 0.780. The zero-order chi connectivity index (χ0) is 13.8. The Labute approximate surface area is 118 Å². The number of hydrogen-bond donors (Lipinski definition) is 1. The van der Waals surface area contributed by atoms with E-state index in [2.05, 4.69) is 41.5 Å². The van der Waals surface area contributed by atoms with Crippen LogP contribution in [0.2, 0.25) is 0 Å². The first-order chi connectivity index (χ1) is 9.88. The third-order valence-electron chi connectivity index (χ3n) is 3.49. The molecular formula is C17H18N2O. The van der Waals surface area contributed by atoms with E-state index >= 15 is 0 Å². The van der Waals surface area contributed by atoms with E-state index in [0.717, 1.165) is 30.8 Å². The molecule has 0 atom stereocenters. The maximum absolute atomic E-state index is 5.57. The van der Waals surface area contributed by atoms with Gasteiger partial charge in [0.15, 0.2) is 0 Å². The van der Waals surface area contributed by atoms with Gasteiger partial charge in [0.2, 0.25) is 0 Å². The predicted octanol–water partition coefficient (Wildman–Crippen LogP) is 3.53. The molecule has 0 saturated carbocycles. The first-order valence-corrected chi connectivity index (χ1v) is 6.97. The third kappa shape index (κ3) is 2.58. The number of pyridine rings is 1. The molecule has 0 aliphatic rings. The van der Waals surface area contributed by atoms with E-state index in [0.29, 0.717) is 0 Å². The number of para-hydroxylation sites is 1. The SMILES string of the molecule is CCNCc1occc1Cc1ccnc2ccccc12. The van der Waals surface area contributed by atoms with Crippen molar-refractivity contribution < 1.29 is 4.42 Å². The van der Waals surface area contributed by atoms with Crippen LogP contribution in [0.5, 0.6) is 0 Å². The predicted molar refractivity (Wildman–Crippen MR) is 80.6 cm³/mol. The van der Waals surface area contributed by atoms with Crippen LogP contribution in [0.25, 0.3) is 10.9 Å². The highest BCUT2D eigenvalue weighted by atomic mass is 16.3. The zero-order valence-electron chi connectivity index (χ0n) is 11.6. The van der Waals surface area contributed by atoms with Gasteiger partial charge < -0.3 is 9.73 Å². The van der Waals surface area contributed by atoms with Crippen LogP contribution < -0.4 is 5.32 Å². The van der Waals surface area contributed by atoms with Crippen molar-refractivity contribution in [3.05, 3.63) is 65.7 Å². The maximum Gasteiger partial charge on any atom is 0.121 e. The summed E-state index contributed by atoms with van der Waals surface area (Å²) in [5, 5.41) is 4.52. The van der Waals surface area contributed by atoms with Gasteiger partial charge in [-0.15, -0.1) is 0 Å². The average Bonchev–Trinajstić information content (AvgIpc) is 2.93. The van der Waals surface area contributed by atoms with E-state index in [1.807, 2.05) is 18.3 Å². The molecule has 0 bridgehead atoms. The molecule has 0 fully saturated rings. The first-order valence-electron chi connectivity index (χ1n) is 6.97. The van der Waals surface area contributed by atoms with E-state index in [4.69, 9.17) is 4.42 Å². The van der Waals surface area contributed by atoms with Gasteiger partial charge in [-0.1, -0.05) is 25.1 Å². The van der Waals surface area contributed by atoms with Crippen molar-refractivity contribution in [2.24, 2.45) is 0 Å². The number of fused-ring (bicyclic) bond motifs is 1. The summed E-state index contributed by atoms with van der Waals surface area (Å²) in [7, 11) is 0. The lowest BCUT2D eigenvalue weighted by Crippen LogP contribution is -2.12. The van der Waals surface area contributed by atoms with Gasteiger partial charge in [-0.2, -0.15) is 0 Å². The summed E-state index contributed by atoms with van der Waals surface area (Å²) in [6.45, 7) is 3.82. The van der Waals surface area contributed by atoms with Gasteiger partial charge >= 0.3 is 0 Å². The average molecular weight is 266 g/mol. The molecular weight excluding hydrogens is 248 g/mol. The fourth-order valence-corrected chi connectivity index (χ4v) is 2.43. The largest absolute Gasteiger partial charge is 0.468 e. The molecule has 1 aromatic carbocycles. The number of rotatable bonds is 5. The summed E-state index contributed by atoms with van der Waals surface area (Å²) < 4.78 is 5.57. The molecule has 0 unspecified atom stereocenters. The fraction of sp³-hybridized carbons (Fsp3) is 0.235. The molecule has 1 N–H and O–H groups in total. The van der Waals surface area contributed by atoms with Gasteiger partial charge in [0.1, 0.15) is 5.76 Å². The van der Waals surface area contributed by atoms with Crippen molar-refractivity contribution in [1.82, 2.24) is 10.3 Å². The second kappa shape index (κ2) is 5.88. The molecule has 0 saturated heterocycles. The van der Waals surface area contributed by atoms with Gasteiger partial charge in [-0.05, 0) is 35.9 Å². The van der Waals surface area contributed by atoms with Crippen LogP contribution >= 0.6 is 0 Å². The molecule has 0 aliphatic heterocycles. The summed E-state index contributed by atoms with van der Waals surface area (Å²) in [4.78, 5) is 4.41. The lowest BCUT2D eigenvalue weighted by atomic mass is 10.0. The Morgan fingerprint density at radius 1 is 1.10 bits per heavy atom. The molecule has 3 heteroatoms. The molecule has 3 rings (SSSR count). The summed E-state index contributed by atoms with van der Waals surface area (Å²) in [5.74, 6) is 1.02. The van der Waals surface area contributed by atoms with Gasteiger partial charge in [0.25, 0.3) is 0 Å². The number of nitrogens with zero attached hydrogens (tertiary/aromatic N) is 1. The van der Waals surface area contributed by atoms with E-state index < -0.39 is 0 Å². The second-order valence-electron chi connectivity index (χ2n) is 4.81. The Balaban J connectivity index is 1.92. The van der Waals surface area contributed by atoms with Crippen molar-refractivity contribution in [3.8, 4) is 0 Å². The van der Waals surface area contributed by atoms with Gasteiger partial charge in [-0.25, -0.2) is 0 Å². The van der Waals surface area contributed by atoms with E-state index in [1.165, 1.54) is 16.5 Å². The Bertz CT molecular complexity index is 698. The normalized spacial score (nSPS) is 11.1. The number of furan rings is 1. The zero-order valence-corrected chi connectivity index (χ0v) is 11.6. The van der Waals surface area contributed by atoms with Crippen LogP contribution in [0.15, 0.2) is 53.3 Å². The Kier molecular flexibility index (Phi) is 3.79. The van der Waals surface area contributed by atoms with Gasteiger partial charge in [-0.3, -0.25) is 4.98 Å². The van der Waals surface area contributed by atoms with Crippen molar-refractivity contribution in [1.29, 1.82) is 0 Å². The smallest absolute Gasteiger partial charge is 0.121 e. The first kappa shape index (κ1) is 12.9. The number of benzene rings is 1. The third-order valence-corrected chi connectivity index (χ3v) is 3.49. The molecule has 0 aliphatic carbocycles. The topological polar surface area (TPSA) is 38.1 Å². The standard InChI is InChI=1S/C17H18N2O/c1-2-18-12-17-14(8-10-20-17)11-13-7-9-19-16-6-4-3-5-15(13)16/h3-10,18H,2,11-12H2,1H3. The molecule has 20 heavy (non-hydrogen) atoms. The van der Waals surface area contributed by atoms with Crippen molar-refractivity contribution >= 4 is 10.9 Å². The van der Waals surface area contributed by atoms with Crippen LogP contribution in [-0.2, 0) is 13.0 Å². The summed E-state index contributed by atoms with van der Waals surface area (Å²) in [6.07, 6.45) is 4.52. The lowest BCUT2D eigenvalue weighted by molar-refractivity contribution is 0.483. The Morgan fingerprint density at radius 2 is 2.00 bits per heavy atom. The molecule has 2 aromatic heterocycles. The van der Waals surface area contributed by atoms with Crippen LogP contribution in [0.4, 0.5) is 0 Å². The van der Waals surface area contributed by atoms with E-state index in [-0.39, 0.29) is 0 Å². The second-order valence-corrected chi connectivity index (χ2v) is 4.81. The Morgan fingerprint density at radius 3 is 2.90 bits per heavy atom. The van der Waals surface area contributed by atoms with Crippen LogP contribution in [0, 0.1) is 0 Å². The molecule has 102 valence electrons. The van der Waals surface area contributed by atoms with Crippen LogP contribution in [0.3, 0.4) is 0 Å². The lowest BCUT2D eigenvalue weighted by Gasteiger charge is -2.07. The molecule has 3 nitrogen and oxygen atoms in total. The summed E-state index contributed by atoms with van der Waals surface area (Å²) in [5.41, 5.74) is 3.57. The van der Waals surface area contributed by atoms with Gasteiger partial charge in [0, 0.05) is 18.0 Å². The molecule has 0 amide bonds. The van der Waals surface area contributed by atoms with Crippen molar-refractivity contribution in [3.63, 3.8) is 0 Å². The molecule has 2 heterocycles. The molecule has 0 spiro atoms. The van der Waals surface area contributed by atoms with Crippen molar-refractivity contribution in [2.75, 3.05) is 6.54 Å². The maximum atomic E-state index is 5.57. The number of hydrogen-bond acceptors (Lipinski definition) is 3. The monoisotopic (exact) mass is 266 g/mol. The van der Waals surface area contributed by atoms with E-state index in [9.17, 15) is 0 Å². The highest BCUT2D eigenvalue weighted by molar-refractivity contribution is 5.82. The van der Waals surface area contributed by atoms with Crippen LogP contribution in [-0.4, -0.2) is 11.5 Å². The summed E-state index contributed by atoms with van der Waals surface area (Å²) in [6, 6.07) is 12.4. The highest BCUT2D eigenvalue weighted by Crippen LogP contribution is 2.21. The minimum absolute atomic E-state index is 0.780. The van der Waals surface area contributed by atoms with Crippen LogP contribution in [0.1, 0.15) is 23.8 Å². The highest BCUT2D eigenvalue weighted by Gasteiger charge is 2.09.